The Hall–Kier alpha value is -0.340. The molecule has 1 rings (SSSR count). The third-order valence-corrected chi connectivity index (χ3v) is 3.41. The van der Waals surface area contributed by atoms with Gasteiger partial charge in [0.05, 0.1) is 0 Å². The molecule has 0 amide bonds. The molecule has 0 heterocycles. The molecule has 0 bridgehead atoms. The summed E-state index contributed by atoms with van der Waals surface area (Å²) in [4.78, 5) is 0. The molecule has 2 unspecified atom stereocenters. The van der Waals surface area contributed by atoms with E-state index in [1.165, 1.54) is 19.4 Å². The molecular weight excluding hydrogens is 222 g/mol. The van der Waals surface area contributed by atoms with Crippen LogP contribution in [0.3, 0.4) is 0 Å². The van der Waals surface area contributed by atoms with E-state index in [4.69, 9.17) is 4.74 Å². The highest BCUT2D eigenvalue weighted by atomic mass is 16.5. The van der Waals surface area contributed by atoms with Gasteiger partial charge in [0.15, 0.2) is 0 Å². The van der Waals surface area contributed by atoms with Crippen LogP contribution in [0.4, 0.5) is 0 Å². The van der Waals surface area contributed by atoms with Crippen molar-refractivity contribution in [3.05, 3.63) is 11.6 Å². The van der Waals surface area contributed by atoms with Crippen LogP contribution in [0.2, 0.25) is 0 Å². The third kappa shape index (κ3) is 7.17. The third-order valence-electron chi connectivity index (χ3n) is 3.41. The second kappa shape index (κ2) is 8.71. The minimum atomic E-state index is 0.649. The van der Waals surface area contributed by atoms with Gasteiger partial charge in [-0.3, -0.25) is 0 Å². The number of ether oxygens (including phenoxy) is 1. The molecule has 2 nitrogen and oxygen atoms in total. The Morgan fingerprint density at radius 2 is 2.22 bits per heavy atom. The van der Waals surface area contributed by atoms with Gasteiger partial charge in [0.25, 0.3) is 0 Å². The molecule has 2 heteroatoms. The summed E-state index contributed by atoms with van der Waals surface area (Å²) in [6.45, 7) is 13.0. The van der Waals surface area contributed by atoms with E-state index < -0.39 is 0 Å². The standard InChI is InChI=1S/C16H31NO/c1-13(2)12-18-7-5-6-17-11-16-9-14(3)8-15(4)10-16/h8,13-14,16-17H,5-7,9-12H2,1-4H3. The summed E-state index contributed by atoms with van der Waals surface area (Å²) in [6, 6.07) is 0. The Morgan fingerprint density at radius 1 is 1.44 bits per heavy atom. The number of allylic oxidation sites excluding steroid dienone is 2. The molecule has 0 aromatic rings. The summed E-state index contributed by atoms with van der Waals surface area (Å²) in [5.41, 5.74) is 1.57. The molecule has 0 saturated carbocycles. The van der Waals surface area contributed by atoms with Crippen LogP contribution in [-0.2, 0) is 4.74 Å². The van der Waals surface area contributed by atoms with Crippen molar-refractivity contribution >= 4 is 0 Å². The van der Waals surface area contributed by atoms with Crippen molar-refractivity contribution in [2.45, 2.75) is 47.0 Å². The number of hydrogen-bond donors (Lipinski definition) is 1. The van der Waals surface area contributed by atoms with Crippen LogP contribution in [0.15, 0.2) is 11.6 Å². The SMILES string of the molecule is CC1=CC(C)CC(CNCCCOCC(C)C)C1. The molecule has 1 N–H and O–H groups in total. The Morgan fingerprint density at radius 3 is 2.89 bits per heavy atom. The molecule has 106 valence electrons. The smallest absolute Gasteiger partial charge is 0.0489 e. The van der Waals surface area contributed by atoms with Crippen molar-refractivity contribution in [3.8, 4) is 0 Å². The first-order chi connectivity index (χ1) is 8.58. The first-order valence-corrected chi connectivity index (χ1v) is 7.53. The molecule has 0 saturated heterocycles. The molecule has 0 aromatic heterocycles. The van der Waals surface area contributed by atoms with Crippen molar-refractivity contribution in [1.29, 1.82) is 0 Å². The lowest BCUT2D eigenvalue weighted by Gasteiger charge is -2.25. The maximum atomic E-state index is 5.57. The Bertz CT molecular complexity index is 247. The highest BCUT2D eigenvalue weighted by molar-refractivity contribution is 5.06. The predicted molar refractivity (Wildman–Crippen MR) is 78.8 cm³/mol. The van der Waals surface area contributed by atoms with E-state index in [1.807, 2.05) is 0 Å². The lowest BCUT2D eigenvalue weighted by Crippen LogP contribution is -2.27. The lowest BCUT2D eigenvalue weighted by molar-refractivity contribution is 0.107. The van der Waals surface area contributed by atoms with E-state index in [1.54, 1.807) is 5.57 Å². The zero-order chi connectivity index (χ0) is 13.4. The van der Waals surface area contributed by atoms with Crippen LogP contribution in [0.5, 0.6) is 0 Å². The van der Waals surface area contributed by atoms with Gasteiger partial charge in [-0.25, -0.2) is 0 Å². The topological polar surface area (TPSA) is 21.3 Å². The molecule has 0 aliphatic heterocycles. The second-order valence-corrected chi connectivity index (χ2v) is 6.32. The van der Waals surface area contributed by atoms with Gasteiger partial charge in [-0.1, -0.05) is 32.4 Å². The minimum Gasteiger partial charge on any atom is -0.381 e. The molecule has 1 aliphatic carbocycles. The summed E-state index contributed by atoms with van der Waals surface area (Å²) in [7, 11) is 0. The molecule has 0 spiro atoms. The highest BCUT2D eigenvalue weighted by Crippen LogP contribution is 2.27. The fourth-order valence-corrected chi connectivity index (χ4v) is 2.77. The predicted octanol–water partition coefficient (Wildman–Crippen LogP) is 3.63. The van der Waals surface area contributed by atoms with Crippen LogP contribution in [-0.4, -0.2) is 26.3 Å². The quantitative estimate of drug-likeness (QED) is 0.527. The second-order valence-electron chi connectivity index (χ2n) is 6.32. The number of nitrogens with one attached hydrogen (secondary N) is 1. The summed E-state index contributed by atoms with van der Waals surface area (Å²) in [5, 5.41) is 3.58. The first kappa shape index (κ1) is 15.7. The fourth-order valence-electron chi connectivity index (χ4n) is 2.77. The van der Waals surface area contributed by atoms with E-state index in [2.05, 4.69) is 39.1 Å². The molecule has 18 heavy (non-hydrogen) atoms. The van der Waals surface area contributed by atoms with E-state index in [0.29, 0.717) is 5.92 Å². The van der Waals surface area contributed by atoms with Crippen molar-refractivity contribution in [2.24, 2.45) is 17.8 Å². The van der Waals surface area contributed by atoms with Crippen LogP contribution >= 0.6 is 0 Å². The molecule has 0 fully saturated rings. The average molecular weight is 253 g/mol. The molecule has 2 atom stereocenters. The monoisotopic (exact) mass is 253 g/mol. The molecule has 0 aromatic carbocycles. The average Bonchev–Trinajstić information content (AvgIpc) is 2.26. The molecule has 0 radical (unpaired) electrons. The lowest BCUT2D eigenvalue weighted by atomic mass is 9.84. The van der Waals surface area contributed by atoms with Crippen LogP contribution in [0.1, 0.15) is 47.0 Å². The van der Waals surface area contributed by atoms with E-state index in [0.717, 1.165) is 38.0 Å². The minimum absolute atomic E-state index is 0.649. The van der Waals surface area contributed by atoms with Gasteiger partial charge < -0.3 is 10.1 Å². The van der Waals surface area contributed by atoms with E-state index in [-0.39, 0.29) is 0 Å². The van der Waals surface area contributed by atoms with E-state index >= 15 is 0 Å². The van der Waals surface area contributed by atoms with Crippen LogP contribution in [0, 0.1) is 17.8 Å². The van der Waals surface area contributed by atoms with E-state index in [9.17, 15) is 0 Å². The van der Waals surface area contributed by atoms with Crippen molar-refractivity contribution in [2.75, 3.05) is 26.3 Å². The van der Waals surface area contributed by atoms with Gasteiger partial charge in [0.2, 0.25) is 0 Å². The van der Waals surface area contributed by atoms with Crippen molar-refractivity contribution < 1.29 is 4.74 Å². The maximum Gasteiger partial charge on any atom is 0.0489 e. The zero-order valence-corrected chi connectivity index (χ0v) is 12.7. The summed E-state index contributed by atoms with van der Waals surface area (Å²) < 4.78 is 5.57. The Kier molecular flexibility index (Phi) is 7.60. The highest BCUT2D eigenvalue weighted by Gasteiger charge is 2.17. The van der Waals surface area contributed by atoms with Crippen LogP contribution in [0.25, 0.3) is 0 Å². The Labute approximate surface area is 113 Å². The number of hydrogen-bond acceptors (Lipinski definition) is 2. The van der Waals surface area contributed by atoms with Gasteiger partial charge in [-0.15, -0.1) is 0 Å². The first-order valence-electron chi connectivity index (χ1n) is 7.53. The molecular formula is C16H31NO. The van der Waals surface area contributed by atoms with Gasteiger partial charge in [-0.05, 0) is 57.0 Å². The largest absolute Gasteiger partial charge is 0.381 e. The van der Waals surface area contributed by atoms with Crippen LogP contribution < -0.4 is 5.32 Å². The maximum absolute atomic E-state index is 5.57. The van der Waals surface area contributed by atoms with Gasteiger partial charge >= 0.3 is 0 Å². The van der Waals surface area contributed by atoms with Gasteiger partial charge in [0, 0.05) is 13.2 Å². The normalized spacial score (nSPS) is 24.4. The van der Waals surface area contributed by atoms with Gasteiger partial charge in [-0.2, -0.15) is 0 Å². The summed E-state index contributed by atoms with van der Waals surface area (Å²) in [5.74, 6) is 2.25. The fraction of sp³-hybridized carbons (Fsp3) is 0.875. The van der Waals surface area contributed by atoms with Crippen molar-refractivity contribution in [3.63, 3.8) is 0 Å². The summed E-state index contributed by atoms with van der Waals surface area (Å²) in [6.07, 6.45) is 6.18. The molecule has 1 aliphatic rings. The van der Waals surface area contributed by atoms with Crippen molar-refractivity contribution in [1.82, 2.24) is 5.32 Å². The number of rotatable bonds is 8. The van der Waals surface area contributed by atoms with Gasteiger partial charge in [0.1, 0.15) is 0 Å². The Balaban J connectivity index is 1.97. The zero-order valence-electron chi connectivity index (χ0n) is 12.7. The summed E-state index contributed by atoms with van der Waals surface area (Å²) >= 11 is 0.